The van der Waals surface area contributed by atoms with Gasteiger partial charge in [0.15, 0.2) is 0 Å². The molecule has 9 heteroatoms. The third-order valence-corrected chi connectivity index (χ3v) is 6.65. The lowest BCUT2D eigenvalue weighted by Gasteiger charge is -2.23. The van der Waals surface area contributed by atoms with E-state index in [9.17, 15) is 9.59 Å². The molecule has 2 N–H and O–H groups in total. The molecule has 0 aliphatic carbocycles. The first-order valence-corrected chi connectivity index (χ1v) is 10.4. The fourth-order valence-electron chi connectivity index (χ4n) is 2.82. The van der Waals surface area contributed by atoms with Crippen molar-refractivity contribution in [3.8, 4) is 10.6 Å². The summed E-state index contributed by atoms with van der Waals surface area (Å²) in [6, 6.07) is 3.60. The Morgan fingerprint density at radius 2 is 2.23 bits per heavy atom. The first-order chi connectivity index (χ1) is 12.6. The third kappa shape index (κ3) is 3.42. The van der Waals surface area contributed by atoms with Gasteiger partial charge in [0.2, 0.25) is 11.8 Å². The molecule has 1 aliphatic heterocycles. The van der Waals surface area contributed by atoms with E-state index in [4.69, 9.17) is 0 Å². The standard InChI is InChI=1S/C17H13BrN4O2S2/c18-10-8-26-17(14(10)16-20-4-5-25-16)22-13(23)7-9-6-12-11(21-15(9)24)2-1-3-19-12/h1-5,8-9H,6-7H2,(H,21,24)(H,22,23). The summed E-state index contributed by atoms with van der Waals surface area (Å²) in [6.07, 6.45) is 3.99. The number of carbonyl (C=O) groups is 2. The van der Waals surface area contributed by atoms with Crippen LogP contribution < -0.4 is 10.6 Å². The van der Waals surface area contributed by atoms with Crippen molar-refractivity contribution < 1.29 is 9.59 Å². The average Bonchev–Trinajstić information content (AvgIpc) is 3.25. The molecule has 0 bridgehead atoms. The number of amides is 2. The number of hydrogen-bond acceptors (Lipinski definition) is 6. The number of fused-ring (bicyclic) bond motifs is 1. The molecule has 0 fully saturated rings. The zero-order valence-corrected chi connectivity index (χ0v) is 16.6. The Hall–Kier alpha value is -2.10. The minimum atomic E-state index is -0.427. The highest BCUT2D eigenvalue weighted by Crippen LogP contribution is 2.41. The summed E-state index contributed by atoms with van der Waals surface area (Å²) >= 11 is 6.44. The molecule has 2 amide bonds. The smallest absolute Gasteiger partial charge is 0.228 e. The second-order valence-corrected chi connectivity index (χ2v) is 8.39. The molecule has 1 atom stereocenters. The maximum absolute atomic E-state index is 12.5. The normalized spacial score (nSPS) is 16.0. The third-order valence-electron chi connectivity index (χ3n) is 4.04. The van der Waals surface area contributed by atoms with Gasteiger partial charge in [-0.1, -0.05) is 0 Å². The summed E-state index contributed by atoms with van der Waals surface area (Å²) in [5.41, 5.74) is 2.41. The first-order valence-electron chi connectivity index (χ1n) is 7.83. The Morgan fingerprint density at radius 3 is 3.04 bits per heavy atom. The average molecular weight is 449 g/mol. The molecule has 1 aliphatic rings. The van der Waals surface area contributed by atoms with Crippen LogP contribution in [-0.4, -0.2) is 21.8 Å². The lowest BCUT2D eigenvalue weighted by atomic mass is 9.93. The SMILES string of the molecule is O=C(CC1Cc2ncccc2NC1=O)Nc1scc(Br)c1-c1nccs1. The van der Waals surface area contributed by atoms with Crippen molar-refractivity contribution in [2.45, 2.75) is 12.8 Å². The number of aromatic nitrogens is 2. The second-order valence-electron chi connectivity index (χ2n) is 5.77. The highest BCUT2D eigenvalue weighted by atomic mass is 79.9. The molecule has 0 saturated heterocycles. The Balaban J connectivity index is 1.48. The Bertz CT molecular complexity index is 971. The van der Waals surface area contributed by atoms with Crippen LogP contribution in [0.15, 0.2) is 39.8 Å². The van der Waals surface area contributed by atoms with Gasteiger partial charge < -0.3 is 10.6 Å². The Morgan fingerprint density at radius 1 is 1.35 bits per heavy atom. The van der Waals surface area contributed by atoms with Crippen molar-refractivity contribution in [3.05, 3.63) is 45.5 Å². The van der Waals surface area contributed by atoms with Gasteiger partial charge in [-0.3, -0.25) is 14.6 Å². The highest BCUT2D eigenvalue weighted by Gasteiger charge is 2.29. The number of thiophene rings is 1. The van der Waals surface area contributed by atoms with E-state index < -0.39 is 5.92 Å². The van der Waals surface area contributed by atoms with Crippen molar-refractivity contribution in [1.82, 2.24) is 9.97 Å². The van der Waals surface area contributed by atoms with E-state index in [1.807, 2.05) is 16.8 Å². The van der Waals surface area contributed by atoms with E-state index in [-0.39, 0.29) is 18.2 Å². The number of halogens is 1. The molecule has 1 unspecified atom stereocenters. The van der Waals surface area contributed by atoms with Crippen LogP contribution in [-0.2, 0) is 16.0 Å². The molecular formula is C17H13BrN4O2S2. The van der Waals surface area contributed by atoms with Gasteiger partial charge in [0, 0.05) is 40.5 Å². The van der Waals surface area contributed by atoms with E-state index >= 15 is 0 Å². The van der Waals surface area contributed by atoms with Crippen molar-refractivity contribution in [2.75, 3.05) is 10.6 Å². The van der Waals surface area contributed by atoms with E-state index in [1.54, 1.807) is 18.5 Å². The van der Waals surface area contributed by atoms with Crippen molar-refractivity contribution >= 4 is 61.1 Å². The number of hydrogen-bond donors (Lipinski definition) is 2. The molecule has 132 valence electrons. The molecule has 0 saturated carbocycles. The fraction of sp³-hybridized carbons (Fsp3) is 0.176. The molecule has 26 heavy (non-hydrogen) atoms. The van der Waals surface area contributed by atoms with Crippen LogP contribution in [0.3, 0.4) is 0 Å². The van der Waals surface area contributed by atoms with Gasteiger partial charge in [-0.25, -0.2) is 4.98 Å². The lowest BCUT2D eigenvalue weighted by Crippen LogP contribution is -2.33. The van der Waals surface area contributed by atoms with Gasteiger partial charge in [-0.2, -0.15) is 0 Å². The number of pyridine rings is 1. The van der Waals surface area contributed by atoms with E-state index in [0.29, 0.717) is 6.42 Å². The maximum Gasteiger partial charge on any atom is 0.228 e. The monoisotopic (exact) mass is 448 g/mol. The number of nitrogens with one attached hydrogen (secondary N) is 2. The molecule has 4 rings (SSSR count). The van der Waals surface area contributed by atoms with Crippen LogP contribution in [0.25, 0.3) is 10.6 Å². The van der Waals surface area contributed by atoms with Crippen LogP contribution in [0.2, 0.25) is 0 Å². The highest BCUT2D eigenvalue weighted by molar-refractivity contribution is 9.10. The van der Waals surface area contributed by atoms with Crippen LogP contribution in [0.5, 0.6) is 0 Å². The van der Waals surface area contributed by atoms with E-state index in [1.165, 1.54) is 22.7 Å². The topological polar surface area (TPSA) is 84.0 Å². The predicted octanol–water partition coefficient (Wildman–Crippen LogP) is 4.17. The van der Waals surface area contributed by atoms with Gasteiger partial charge in [0.1, 0.15) is 10.0 Å². The summed E-state index contributed by atoms with van der Waals surface area (Å²) in [5.74, 6) is -0.769. The van der Waals surface area contributed by atoms with Gasteiger partial charge in [0.05, 0.1) is 22.9 Å². The first kappa shape index (κ1) is 17.3. The Labute approximate surface area is 165 Å². The number of carbonyl (C=O) groups excluding carboxylic acids is 2. The van der Waals surface area contributed by atoms with Crippen LogP contribution in [0.4, 0.5) is 10.7 Å². The van der Waals surface area contributed by atoms with Gasteiger partial charge >= 0.3 is 0 Å². The molecule has 3 aromatic rings. The van der Waals surface area contributed by atoms with Crippen LogP contribution in [0, 0.1) is 5.92 Å². The lowest BCUT2D eigenvalue weighted by molar-refractivity contribution is -0.125. The fourth-order valence-corrected chi connectivity index (χ4v) is 5.35. The molecule has 4 heterocycles. The molecule has 3 aromatic heterocycles. The van der Waals surface area contributed by atoms with E-state index in [0.717, 1.165) is 31.4 Å². The van der Waals surface area contributed by atoms with Crippen molar-refractivity contribution in [3.63, 3.8) is 0 Å². The quantitative estimate of drug-likeness (QED) is 0.627. The number of thiazole rings is 1. The summed E-state index contributed by atoms with van der Waals surface area (Å²) in [7, 11) is 0. The van der Waals surface area contributed by atoms with Crippen LogP contribution >= 0.6 is 38.6 Å². The zero-order valence-electron chi connectivity index (χ0n) is 13.4. The maximum atomic E-state index is 12.5. The number of rotatable bonds is 4. The minimum absolute atomic E-state index is 0.106. The van der Waals surface area contributed by atoms with Gasteiger partial charge in [0.25, 0.3) is 0 Å². The van der Waals surface area contributed by atoms with Crippen molar-refractivity contribution in [2.24, 2.45) is 5.92 Å². The minimum Gasteiger partial charge on any atom is -0.324 e. The van der Waals surface area contributed by atoms with Gasteiger partial charge in [-0.15, -0.1) is 22.7 Å². The number of nitrogens with zero attached hydrogens (tertiary/aromatic N) is 2. The van der Waals surface area contributed by atoms with E-state index in [2.05, 4.69) is 36.5 Å². The molecule has 0 aromatic carbocycles. The molecular weight excluding hydrogens is 436 g/mol. The molecule has 0 spiro atoms. The van der Waals surface area contributed by atoms with Crippen molar-refractivity contribution in [1.29, 1.82) is 0 Å². The number of anilines is 2. The summed E-state index contributed by atoms with van der Waals surface area (Å²) in [6.45, 7) is 0. The Kier molecular flexibility index (Phi) is 4.84. The predicted molar refractivity (Wildman–Crippen MR) is 106 cm³/mol. The second kappa shape index (κ2) is 7.26. The summed E-state index contributed by atoms with van der Waals surface area (Å²) < 4.78 is 0.890. The summed E-state index contributed by atoms with van der Waals surface area (Å²) in [4.78, 5) is 33.4. The molecule has 0 radical (unpaired) electrons. The molecule has 6 nitrogen and oxygen atoms in total. The van der Waals surface area contributed by atoms with Crippen LogP contribution in [0.1, 0.15) is 12.1 Å². The zero-order chi connectivity index (χ0) is 18.1. The largest absolute Gasteiger partial charge is 0.324 e. The summed E-state index contributed by atoms with van der Waals surface area (Å²) in [5, 5.41) is 11.1. The van der Waals surface area contributed by atoms with Gasteiger partial charge in [-0.05, 0) is 28.1 Å².